The summed E-state index contributed by atoms with van der Waals surface area (Å²) in [7, 11) is -4.51. The molecule has 0 aliphatic carbocycles. The van der Waals surface area contributed by atoms with E-state index in [0.717, 1.165) is 5.56 Å². The van der Waals surface area contributed by atoms with Crippen LogP contribution < -0.4 is 32.3 Å². The van der Waals surface area contributed by atoms with Crippen LogP contribution in [0.3, 0.4) is 0 Å². The summed E-state index contributed by atoms with van der Waals surface area (Å²) >= 11 is 0. The van der Waals surface area contributed by atoms with Crippen molar-refractivity contribution in [2.45, 2.75) is 129 Å². The van der Waals surface area contributed by atoms with Gasteiger partial charge in [-0.05, 0) is 48.1 Å². The molecule has 21 nitrogen and oxygen atoms in total. The number of imidazole rings is 2. The normalized spacial score (nSPS) is 17.2. The zero-order chi connectivity index (χ0) is 53.2. The molecule has 3 heterocycles. The first-order valence-electron chi connectivity index (χ1n) is 24.8. The molecule has 4 aromatic rings. The van der Waals surface area contributed by atoms with Gasteiger partial charge in [0.2, 0.25) is 42.8 Å². The van der Waals surface area contributed by atoms with E-state index in [2.05, 4.69) is 46.5 Å². The first kappa shape index (κ1) is 57.0. The fraction of sp³-hybridized carbons (Fsp3) is 0.510. The van der Waals surface area contributed by atoms with E-state index in [1.165, 1.54) is 29.9 Å². The number of hydrogen-bond acceptors (Lipinski definition) is 11. The van der Waals surface area contributed by atoms with Gasteiger partial charge in [0, 0.05) is 61.7 Å². The van der Waals surface area contributed by atoms with Crippen molar-refractivity contribution >= 4 is 48.9 Å². The van der Waals surface area contributed by atoms with Gasteiger partial charge in [-0.2, -0.15) is 0 Å². The van der Waals surface area contributed by atoms with Crippen molar-refractivity contribution < 1.29 is 47.8 Å². The third-order valence-electron chi connectivity index (χ3n) is 13.0. The average Bonchev–Trinajstić information content (AvgIpc) is 4.18. The van der Waals surface area contributed by atoms with Crippen LogP contribution in [0.15, 0.2) is 85.7 Å². The van der Waals surface area contributed by atoms with Gasteiger partial charge in [-0.25, -0.2) is 14.8 Å². The van der Waals surface area contributed by atoms with Gasteiger partial charge in [0.05, 0.1) is 12.7 Å². The van der Waals surface area contributed by atoms with Gasteiger partial charge in [0.1, 0.15) is 42.6 Å². The second kappa shape index (κ2) is 27.3. The fourth-order valence-electron chi connectivity index (χ4n) is 8.59. The van der Waals surface area contributed by atoms with Crippen LogP contribution in [0.1, 0.15) is 89.7 Å². The molecular weight excluding hydrogens is 958 g/mol. The lowest BCUT2D eigenvalue weighted by atomic mass is 9.93. The highest BCUT2D eigenvalue weighted by Gasteiger charge is 2.42. The lowest BCUT2D eigenvalue weighted by Crippen LogP contribution is -2.58. The molecule has 22 heteroatoms. The monoisotopic (exact) mass is 1030 g/mol. The molecule has 1 aliphatic heterocycles. The number of aromatic nitrogens is 4. The summed E-state index contributed by atoms with van der Waals surface area (Å²) in [5.41, 5.74) is 8.11. The number of nitrogens with zero attached hydrogens (tertiary/aromatic N) is 3. The predicted octanol–water partition coefficient (Wildman–Crippen LogP) is 3.46. The van der Waals surface area contributed by atoms with Gasteiger partial charge in [-0.1, -0.05) is 109 Å². The molecule has 7 amide bonds. The smallest absolute Gasteiger partial charge is 0.410 e. The molecule has 5 rings (SSSR count). The van der Waals surface area contributed by atoms with E-state index in [-0.39, 0.29) is 44.8 Å². The minimum absolute atomic E-state index is 0.00940. The number of benzene rings is 2. The fourth-order valence-corrected chi connectivity index (χ4v) is 11.1. The van der Waals surface area contributed by atoms with E-state index in [9.17, 15) is 43.0 Å². The summed E-state index contributed by atoms with van der Waals surface area (Å²) in [5.74, 6) is -7.96. The third-order valence-corrected chi connectivity index (χ3v) is 15.3. The molecule has 0 bridgehead atoms. The minimum Gasteiger partial charge on any atom is -0.445 e. The Bertz CT molecular complexity index is 2480. The first-order valence-corrected chi connectivity index (χ1v) is 26.8. The van der Waals surface area contributed by atoms with Crippen LogP contribution in [-0.4, -0.2) is 120 Å². The molecule has 9 atom stereocenters. The summed E-state index contributed by atoms with van der Waals surface area (Å²) in [5, 5.41) is 13.8. The van der Waals surface area contributed by atoms with Gasteiger partial charge >= 0.3 is 6.09 Å². The third kappa shape index (κ3) is 17.1. The lowest BCUT2D eigenvalue weighted by Gasteiger charge is -2.32. The Morgan fingerprint density at radius 3 is 1.86 bits per heavy atom. The second-order valence-electron chi connectivity index (χ2n) is 19.5. The Morgan fingerprint density at radius 1 is 0.753 bits per heavy atom. The summed E-state index contributed by atoms with van der Waals surface area (Å²) in [6.07, 6.45) is 5.76. The highest BCUT2D eigenvalue weighted by molar-refractivity contribution is 7.58. The van der Waals surface area contributed by atoms with Crippen molar-refractivity contribution in [3.8, 4) is 0 Å². The van der Waals surface area contributed by atoms with Crippen molar-refractivity contribution in [1.29, 1.82) is 0 Å². The van der Waals surface area contributed by atoms with Gasteiger partial charge in [0.15, 0.2) is 0 Å². The number of primary amides is 1. The van der Waals surface area contributed by atoms with Gasteiger partial charge < -0.3 is 51.9 Å². The molecule has 10 N–H and O–H groups in total. The molecule has 73 heavy (non-hydrogen) atoms. The Balaban J connectivity index is 1.34. The number of hydrogen-bond donors (Lipinski definition) is 9. The number of nitrogens with one attached hydrogen (secondary N) is 7. The van der Waals surface area contributed by atoms with Crippen LogP contribution >= 0.6 is 7.37 Å². The summed E-state index contributed by atoms with van der Waals surface area (Å²) in [6.45, 7) is 10.9. The Labute approximate surface area is 426 Å². The number of amides is 7. The lowest BCUT2D eigenvalue weighted by molar-refractivity contribution is -0.134. The maximum absolute atomic E-state index is 14.7. The van der Waals surface area contributed by atoms with Crippen LogP contribution in [0.2, 0.25) is 0 Å². The molecule has 3 unspecified atom stereocenters. The summed E-state index contributed by atoms with van der Waals surface area (Å²) in [6, 6.07) is 12.2. The number of nitrogens with two attached hydrogens (primary N) is 1. The SMILES string of the molecule is CC[C@H](C)[C@H](NC(=O)C(CP(=O)(O)C(CC(C)C)NC(=O)[C@H](Cc1cnc[nH]1)NC(=O)[C@H](Cc1ccccc1)NC(=O)[C@H]1CCCN1C(=O)OCc1ccccc1)C(C)C)C(=O)N[C@@H](Cc1cnc[nH]1)C(N)=O. The van der Waals surface area contributed by atoms with E-state index in [4.69, 9.17) is 10.5 Å². The molecule has 0 radical (unpaired) electrons. The molecule has 1 aliphatic rings. The van der Waals surface area contributed by atoms with Gasteiger partial charge in [0.25, 0.3) is 0 Å². The van der Waals surface area contributed by atoms with Crippen LogP contribution in [0.5, 0.6) is 0 Å². The van der Waals surface area contributed by atoms with E-state index < -0.39 is 109 Å². The highest BCUT2D eigenvalue weighted by atomic mass is 31.2. The zero-order valence-corrected chi connectivity index (χ0v) is 43.3. The molecule has 0 saturated carbocycles. The van der Waals surface area contributed by atoms with Gasteiger partial charge in [-0.15, -0.1) is 0 Å². The number of rotatable bonds is 27. The van der Waals surface area contributed by atoms with Gasteiger partial charge in [-0.3, -0.25) is 38.2 Å². The molecular formula is C51H72N11O10P. The summed E-state index contributed by atoms with van der Waals surface area (Å²) < 4.78 is 20.3. The number of ether oxygens (including phenoxy) is 1. The van der Waals surface area contributed by atoms with Crippen LogP contribution in [0.4, 0.5) is 4.79 Å². The molecule has 2 aromatic carbocycles. The average molecular weight is 1030 g/mol. The largest absolute Gasteiger partial charge is 0.445 e. The molecule has 2 aromatic heterocycles. The molecule has 1 saturated heterocycles. The van der Waals surface area contributed by atoms with Crippen LogP contribution in [0.25, 0.3) is 0 Å². The maximum Gasteiger partial charge on any atom is 0.410 e. The van der Waals surface area contributed by atoms with Crippen LogP contribution in [-0.2, 0) is 63.9 Å². The van der Waals surface area contributed by atoms with E-state index in [1.54, 1.807) is 51.1 Å². The quantitative estimate of drug-likeness (QED) is 0.0388. The molecule has 1 fully saturated rings. The Kier molecular flexibility index (Phi) is 21.3. The van der Waals surface area contributed by atoms with Crippen molar-refractivity contribution in [3.63, 3.8) is 0 Å². The first-order chi connectivity index (χ1) is 34.8. The van der Waals surface area contributed by atoms with Crippen molar-refractivity contribution in [3.05, 3.63) is 108 Å². The van der Waals surface area contributed by atoms with Crippen molar-refractivity contribution in [1.82, 2.24) is 51.4 Å². The highest BCUT2D eigenvalue weighted by Crippen LogP contribution is 2.50. The number of aromatic amines is 2. The summed E-state index contributed by atoms with van der Waals surface area (Å²) in [4.78, 5) is 124. The van der Waals surface area contributed by atoms with E-state index >= 15 is 0 Å². The van der Waals surface area contributed by atoms with Crippen molar-refractivity contribution in [2.24, 2.45) is 29.4 Å². The number of carbonyl (C=O) groups excluding carboxylic acids is 7. The number of H-pyrrole nitrogens is 2. The second-order valence-corrected chi connectivity index (χ2v) is 22.0. The molecule has 396 valence electrons. The van der Waals surface area contributed by atoms with E-state index in [1.807, 2.05) is 51.1 Å². The topological polar surface area (TPSA) is 313 Å². The Morgan fingerprint density at radius 2 is 1.32 bits per heavy atom. The van der Waals surface area contributed by atoms with Crippen molar-refractivity contribution in [2.75, 3.05) is 12.7 Å². The zero-order valence-electron chi connectivity index (χ0n) is 42.4. The van der Waals surface area contributed by atoms with E-state index in [0.29, 0.717) is 36.2 Å². The maximum atomic E-state index is 14.7. The molecule has 0 spiro atoms. The Hall–Kier alpha value is -6.86. The van der Waals surface area contributed by atoms with Crippen LogP contribution in [0, 0.1) is 23.7 Å². The predicted molar refractivity (Wildman–Crippen MR) is 272 cm³/mol. The standard InChI is InChI=1S/C51H72N11O10P/c1-7-33(6)44(50(68)57-39(45(52)63)23-36-25-53-29-55-36)61-46(64)38(32(4)5)28-73(70,71)43(21-31(2)3)60-48(66)41(24-37-26-54-30-56-37)58-47(65)40(22-34-15-10-8-11-16-34)59-49(67)42-19-14-20-62(42)51(69)72-27-35-17-12-9-13-18-35/h8-13,15-18,25-26,29-33,38-44H,7,14,19-24,27-28H2,1-6H3,(H2,52,63)(H,53,55)(H,54,56)(H,57,68)(H,58,65)(H,59,67)(H,60,66)(H,61,64)(H,70,71)/t33-,38?,39-,40-,41-,42+,43?,44-/m0/s1. The number of carbonyl (C=O) groups is 7. The minimum atomic E-state index is -4.51. The number of likely N-dealkylation sites (tertiary alicyclic amines) is 1.